The molecule has 88 valence electrons. The second-order valence-corrected chi connectivity index (χ2v) is 4.41. The summed E-state index contributed by atoms with van der Waals surface area (Å²) in [4.78, 5) is 15.7. The van der Waals surface area contributed by atoms with Gasteiger partial charge in [0.15, 0.2) is 0 Å². The van der Waals surface area contributed by atoms with Crippen molar-refractivity contribution in [1.82, 2.24) is 4.98 Å². The Kier molecular flexibility index (Phi) is 5.42. The van der Waals surface area contributed by atoms with Crippen molar-refractivity contribution in [2.75, 3.05) is 11.9 Å². The van der Waals surface area contributed by atoms with Crippen LogP contribution in [0.4, 0.5) is 5.82 Å². The number of nitrogens with zero attached hydrogens (tertiary/aromatic N) is 1. The SMILES string of the molecule is Cc1nc(NC(=O)CCCCN)ccc1Br. The van der Waals surface area contributed by atoms with E-state index in [4.69, 9.17) is 5.73 Å². The quantitative estimate of drug-likeness (QED) is 0.815. The maximum Gasteiger partial charge on any atom is 0.225 e. The number of carbonyl (C=O) groups excluding carboxylic acids is 1. The van der Waals surface area contributed by atoms with Crippen LogP contribution in [-0.4, -0.2) is 17.4 Å². The monoisotopic (exact) mass is 285 g/mol. The van der Waals surface area contributed by atoms with Gasteiger partial charge in [0.25, 0.3) is 0 Å². The highest BCUT2D eigenvalue weighted by Crippen LogP contribution is 2.16. The largest absolute Gasteiger partial charge is 0.330 e. The predicted octanol–water partition coefficient (Wildman–Crippen LogP) is 2.22. The highest BCUT2D eigenvalue weighted by Gasteiger charge is 2.04. The van der Waals surface area contributed by atoms with Crippen LogP contribution in [0.3, 0.4) is 0 Å². The van der Waals surface area contributed by atoms with Gasteiger partial charge in [-0.1, -0.05) is 0 Å². The molecule has 0 saturated carbocycles. The summed E-state index contributed by atoms with van der Waals surface area (Å²) in [5.74, 6) is 0.584. The number of hydrogen-bond donors (Lipinski definition) is 2. The van der Waals surface area contributed by atoms with E-state index in [1.54, 1.807) is 6.07 Å². The fourth-order valence-corrected chi connectivity index (χ4v) is 1.47. The summed E-state index contributed by atoms with van der Waals surface area (Å²) in [7, 11) is 0. The third-order valence-corrected chi connectivity index (χ3v) is 2.98. The molecule has 0 saturated heterocycles. The molecular weight excluding hydrogens is 270 g/mol. The Balaban J connectivity index is 2.46. The van der Waals surface area contributed by atoms with Gasteiger partial charge in [-0.15, -0.1) is 0 Å². The third kappa shape index (κ3) is 4.28. The number of aromatic nitrogens is 1. The Morgan fingerprint density at radius 1 is 1.50 bits per heavy atom. The lowest BCUT2D eigenvalue weighted by molar-refractivity contribution is -0.116. The van der Waals surface area contributed by atoms with Crippen LogP contribution in [0.15, 0.2) is 16.6 Å². The van der Waals surface area contributed by atoms with E-state index in [0.717, 1.165) is 23.0 Å². The van der Waals surface area contributed by atoms with Gasteiger partial charge in [0, 0.05) is 10.9 Å². The van der Waals surface area contributed by atoms with Crippen molar-refractivity contribution >= 4 is 27.7 Å². The van der Waals surface area contributed by atoms with Gasteiger partial charge in [-0.05, 0) is 54.4 Å². The van der Waals surface area contributed by atoms with Crippen molar-refractivity contribution in [2.24, 2.45) is 5.73 Å². The Hall–Kier alpha value is -0.940. The first-order chi connectivity index (χ1) is 7.63. The molecule has 0 atom stereocenters. The van der Waals surface area contributed by atoms with Crippen molar-refractivity contribution in [1.29, 1.82) is 0 Å². The highest BCUT2D eigenvalue weighted by molar-refractivity contribution is 9.10. The van der Waals surface area contributed by atoms with E-state index in [-0.39, 0.29) is 5.91 Å². The number of rotatable bonds is 5. The number of pyridine rings is 1. The molecule has 1 amide bonds. The first-order valence-electron chi connectivity index (χ1n) is 5.26. The molecule has 1 heterocycles. The van der Waals surface area contributed by atoms with Crippen LogP contribution >= 0.6 is 15.9 Å². The summed E-state index contributed by atoms with van der Waals surface area (Å²) >= 11 is 3.36. The Morgan fingerprint density at radius 2 is 2.25 bits per heavy atom. The molecular formula is C11H16BrN3O. The maximum absolute atomic E-state index is 11.5. The Labute approximate surface area is 104 Å². The molecule has 1 rings (SSSR count). The molecule has 0 aliphatic rings. The first-order valence-corrected chi connectivity index (χ1v) is 6.06. The van der Waals surface area contributed by atoms with Crippen LogP contribution in [-0.2, 0) is 4.79 Å². The zero-order valence-corrected chi connectivity index (χ0v) is 10.9. The number of carbonyl (C=O) groups is 1. The Morgan fingerprint density at radius 3 is 2.88 bits per heavy atom. The molecule has 5 heteroatoms. The number of anilines is 1. The van der Waals surface area contributed by atoms with Crippen molar-refractivity contribution in [3.63, 3.8) is 0 Å². The van der Waals surface area contributed by atoms with Crippen molar-refractivity contribution in [2.45, 2.75) is 26.2 Å². The molecule has 3 N–H and O–H groups in total. The van der Waals surface area contributed by atoms with E-state index < -0.39 is 0 Å². The van der Waals surface area contributed by atoms with Crippen LogP contribution in [0.1, 0.15) is 25.0 Å². The summed E-state index contributed by atoms with van der Waals surface area (Å²) in [6, 6.07) is 3.65. The topological polar surface area (TPSA) is 68.0 Å². The molecule has 0 aromatic carbocycles. The highest BCUT2D eigenvalue weighted by atomic mass is 79.9. The zero-order valence-electron chi connectivity index (χ0n) is 9.29. The van der Waals surface area contributed by atoms with Crippen LogP contribution in [0.2, 0.25) is 0 Å². The fraction of sp³-hybridized carbons (Fsp3) is 0.455. The number of nitrogens with two attached hydrogens (primary N) is 1. The van der Waals surface area contributed by atoms with Crippen LogP contribution in [0.25, 0.3) is 0 Å². The van der Waals surface area contributed by atoms with E-state index in [1.807, 2.05) is 13.0 Å². The molecule has 1 aromatic heterocycles. The van der Waals surface area contributed by atoms with Crippen LogP contribution < -0.4 is 11.1 Å². The summed E-state index contributed by atoms with van der Waals surface area (Å²) in [6.45, 7) is 2.51. The molecule has 1 aromatic rings. The van der Waals surface area contributed by atoms with Gasteiger partial charge < -0.3 is 11.1 Å². The molecule has 0 unspecified atom stereocenters. The minimum atomic E-state index is -0.0114. The molecule has 0 bridgehead atoms. The second-order valence-electron chi connectivity index (χ2n) is 3.56. The predicted molar refractivity (Wildman–Crippen MR) is 68.2 cm³/mol. The summed E-state index contributed by atoms with van der Waals surface area (Å²) in [5, 5.41) is 2.76. The van der Waals surface area contributed by atoms with Gasteiger partial charge in [-0.3, -0.25) is 4.79 Å². The van der Waals surface area contributed by atoms with Gasteiger partial charge in [-0.25, -0.2) is 4.98 Å². The third-order valence-electron chi connectivity index (χ3n) is 2.15. The Bertz CT molecular complexity index is 368. The lowest BCUT2D eigenvalue weighted by atomic mass is 10.2. The first kappa shape index (κ1) is 13.1. The van der Waals surface area contributed by atoms with E-state index in [1.165, 1.54) is 0 Å². The number of halogens is 1. The van der Waals surface area contributed by atoms with E-state index in [9.17, 15) is 4.79 Å². The normalized spacial score (nSPS) is 10.2. The number of hydrogen-bond acceptors (Lipinski definition) is 3. The summed E-state index contributed by atoms with van der Waals surface area (Å²) in [6.07, 6.45) is 2.19. The van der Waals surface area contributed by atoms with Gasteiger partial charge in [0.1, 0.15) is 5.82 Å². The average Bonchev–Trinajstić information content (AvgIpc) is 2.24. The van der Waals surface area contributed by atoms with E-state index in [0.29, 0.717) is 18.8 Å². The van der Waals surface area contributed by atoms with Crippen LogP contribution in [0.5, 0.6) is 0 Å². The number of aryl methyl sites for hydroxylation is 1. The smallest absolute Gasteiger partial charge is 0.225 e. The van der Waals surface area contributed by atoms with Gasteiger partial charge in [0.05, 0.1) is 5.69 Å². The minimum absolute atomic E-state index is 0.0114. The summed E-state index contributed by atoms with van der Waals surface area (Å²) in [5.41, 5.74) is 6.22. The van der Waals surface area contributed by atoms with Crippen molar-refractivity contribution < 1.29 is 4.79 Å². The maximum atomic E-state index is 11.5. The number of amides is 1. The number of nitrogens with one attached hydrogen (secondary N) is 1. The standard InChI is InChI=1S/C11H16BrN3O/c1-8-9(12)5-6-10(14-8)15-11(16)4-2-3-7-13/h5-6H,2-4,7,13H2,1H3,(H,14,15,16). The lowest BCUT2D eigenvalue weighted by Gasteiger charge is -2.05. The molecule has 0 spiro atoms. The lowest BCUT2D eigenvalue weighted by Crippen LogP contribution is -2.13. The molecule has 4 nitrogen and oxygen atoms in total. The van der Waals surface area contributed by atoms with Gasteiger partial charge >= 0.3 is 0 Å². The summed E-state index contributed by atoms with van der Waals surface area (Å²) < 4.78 is 0.939. The fourth-order valence-electron chi connectivity index (χ4n) is 1.25. The molecule has 0 fully saturated rings. The van der Waals surface area contributed by atoms with Gasteiger partial charge in [-0.2, -0.15) is 0 Å². The number of unbranched alkanes of at least 4 members (excludes halogenated alkanes) is 1. The van der Waals surface area contributed by atoms with Crippen LogP contribution in [0, 0.1) is 6.92 Å². The molecule has 0 aliphatic heterocycles. The molecule has 16 heavy (non-hydrogen) atoms. The minimum Gasteiger partial charge on any atom is -0.330 e. The zero-order chi connectivity index (χ0) is 12.0. The van der Waals surface area contributed by atoms with Crippen molar-refractivity contribution in [3.05, 3.63) is 22.3 Å². The average molecular weight is 286 g/mol. The molecule has 0 radical (unpaired) electrons. The van der Waals surface area contributed by atoms with E-state index >= 15 is 0 Å². The van der Waals surface area contributed by atoms with Crippen molar-refractivity contribution in [3.8, 4) is 0 Å². The van der Waals surface area contributed by atoms with Gasteiger partial charge in [0.2, 0.25) is 5.91 Å². The van der Waals surface area contributed by atoms with E-state index in [2.05, 4.69) is 26.2 Å². The second kappa shape index (κ2) is 6.60. The molecule has 0 aliphatic carbocycles.